The van der Waals surface area contributed by atoms with Crippen molar-refractivity contribution in [3.8, 4) is 6.07 Å². The summed E-state index contributed by atoms with van der Waals surface area (Å²) in [6.45, 7) is 13.2. The van der Waals surface area contributed by atoms with Crippen molar-refractivity contribution in [3.05, 3.63) is 24.4 Å². The van der Waals surface area contributed by atoms with E-state index in [-0.39, 0.29) is 46.5 Å². The number of amidine groups is 1. The van der Waals surface area contributed by atoms with Crippen molar-refractivity contribution in [1.82, 2.24) is 5.01 Å². The van der Waals surface area contributed by atoms with Gasteiger partial charge in [0, 0.05) is 22.3 Å². The van der Waals surface area contributed by atoms with Gasteiger partial charge in [-0.1, -0.05) is 77.7 Å². The molecule has 240 valence electrons. The molecule has 0 unspecified atom stereocenters. The second-order valence-electron chi connectivity index (χ2n) is 11.4. The Bertz CT molecular complexity index is 1190. The zero-order chi connectivity index (χ0) is 32.6. The van der Waals surface area contributed by atoms with E-state index >= 15 is 0 Å². The fourth-order valence-corrected chi connectivity index (χ4v) is 6.44. The number of carbonyl (C=O) groups is 2. The lowest BCUT2D eigenvalue weighted by Gasteiger charge is -2.36. The van der Waals surface area contributed by atoms with E-state index < -0.39 is 49.3 Å². The second kappa shape index (κ2) is 15.3. The average Bonchev–Trinajstić information content (AvgIpc) is 3.18. The van der Waals surface area contributed by atoms with Crippen molar-refractivity contribution in [2.75, 3.05) is 31.3 Å². The molecule has 0 amide bonds. The van der Waals surface area contributed by atoms with Gasteiger partial charge in [0.25, 0.3) is 5.72 Å². The third kappa shape index (κ3) is 9.71. The molecule has 0 aromatic heterocycles. The molecule has 0 saturated carbocycles. The van der Waals surface area contributed by atoms with Gasteiger partial charge in [-0.25, -0.2) is 14.6 Å². The monoisotopic (exact) mass is 661 g/mol. The molecule has 43 heavy (non-hydrogen) atoms. The van der Waals surface area contributed by atoms with E-state index in [2.05, 4.69) is 16.7 Å². The lowest BCUT2D eigenvalue weighted by atomic mass is 9.99. The molecule has 0 radical (unpaired) electrons. The molecule has 17 heteroatoms. The van der Waals surface area contributed by atoms with Crippen LogP contribution in [0.5, 0.6) is 0 Å². The summed E-state index contributed by atoms with van der Waals surface area (Å²) in [6, 6.07) is 1.83. The van der Waals surface area contributed by atoms with Crippen molar-refractivity contribution in [3.63, 3.8) is 0 Å². The normalized spacial score (nSPS) is 25.5. The number of allylic oxidation sites excluding steroid dienone is 2. The smallest absolute Gasteiger partial charge is 0.387 e. The standard InChI is InChI=1S/C26H40N5O9PS2/c1-8-9-17-21(28)29-16-30-31(17)26(15-27)20(33)19(32)18(40-26)14-39-41(36,37-10-12-42-22(34)24(2,3)4)38-11-13-43-23(35)25(5,6)7/h8-9,16,18-20,32-33H,1,10-14H2,2-7H3,(H2,28,29,30)/b17-9-/t18-,19-,20-,26-/m1/s1. The Morgan fingerprint density at radius 2 is 1.70 bits per heavy atom. The van der Waals surface area contributed by atoms with Gasteiger partial charge in [0.1, 0.15) is 36.4 Å². The van der Waals surface area contributed by atoms with Gasteiger partial charge in [-0.3, -0.25) is 23.2 Å². The van der Waals surface area contributed by atoms with Crippen LogP contribution < -0.4 is 5.73 Å². The SMILES string of the molecule is C=C/C=C1/C(N)=NC=NN1[C@]1(C#N)O[C@H](COP(=O)(OCCSC(=O)C(C)(C)C)OCCSC(=O)C(C)(C)C)[C@@H](O)[C@H]1O. The maximum Gasteiger partial charge on any atom is 0.474 e. The van der Waals surface area contributed by atoms with Crippen molar-refractivity contribution in [1.29, 1.82) is 5.26 Å². The van der Waals surface area contributed by atoms with Gasteiger partial charge in [0.2, 0.25) is 0 Å². The van der Waals surface area contributed by atoms with E-state index in [1.165, 1.54) is 12.2 Å². The zero-order valence-corrected chi connectivity index (χ0v) is 27.6. The highest BCUT2D eigenvalue weighted by atomic mass is 32.2. The summed E-state index contributed by atoms with van der Waals surface area (Å²) in [7, 11) is -4.35. The Morgan fingerprint density at radius 3 is 2.16 bits per heavy atom. The van der Waals surface area contributed by atoms with Gasteiger partial charge in [-0.05, 0) is 6.08 Å². The van der Waals surface area contributed by atoms with Crippen LogP contribution in [-0.2, 0) is 32.5 Å². The summed E-state index contributed by atoms with van der Waals surface area (Å²) in [5.74, 6) is 0.250. The molecular weight excluding hydrogens is 621 g/mol. The number of ether oxygens (including phenoxy) is 1. The number of rotatable bonds is 13. The molecule has 1 saturated heterocycles. The quantitative estimate of drug-likeness (QED) is 0.192. The number of hydrazone groups is 1. The van der Waals surface area contributed by atoms with E-state index in [4.69, 9.17) is 24.0 Å². The predicted octanol–water partition coefficient (Wildman–Crippen LogP) is 2.78. The maximum atomic E-state index is 13.5. The third-order valence-corrected chi connectivity index (χ3v) is 9.75. The minimum Gasteiger partial charge on any atom is -0.387 e. The Morgan fingerprint density at radius 1 is 1.16 bits per heavy atom. The van der Waals surface area contributed by atoms with Gasteiger partial charge in [-0.15, -0.1) is 0 Å². The molecule has 2 rings (SSSR count). The summed E-state index contributed by atoms with van der Waals surface area (Å²) in [5, 5.41) is 36.5. The number of phosphoric ester groups is 1. The number of nitrogens with two attached hydrogens (primary N) is 1. The molecule has 4 N–H and O–H groups in total. The molecule has 2 aliphatic heterocycles. The largest absolute Gasteiger partial charge is 0.474 e. The third-order valence-electron chi connectivity index (χ3n) is 5.79. The van der Waals surface area contributed by atoms with Gasteiger partial charge < -0.3 is 20.7 Å². The molecule has 2 aliphatic rings. The molecule has 0 bridgehead atoms. The molecule has 0 aromatic rings. The molecule has 1 fully saturated rings. The number of nitrogens with zero attached hydrogens (tertiary/aromatic N) is 4. The van der Waals surface area contributed by atoms with Gasteiger partial charge in [0.15, 0.2) is 16.1 Å². The first kappa shape index (κ1) is 37.1. The van der Waals surface area contributed by atoms with Crippen LogP contribution >= 0.6 is 31.3 Å². The highest BCUT2D eigenvalue weighted by Gasteiger charge is 2.60. The minimum absolute atomic E-state index is 0.0496. The first-order valence-electron chi connectivity index (χ1n) is 13.2. The van der Waals surface area contributed by atoms with Crippen LogP contribution in [0, 0.1) is 22.2 Å². The molecule has 14 nitrogen and oxygen atoms in total. The lowest BCUT2D eigenvalue weighted by Crippen LogP contribution is -2.55. The fraction of sp³-hybridized carbons (Fsp3) is 0.654. The minimum atomic E-state index is -4.35. The number of aliphatic imine (C=N–C) groups is 1. The van der Waals surface area contributed by atoms with Crippen molar-refractivity contribution >= 4 is 53.8 Å². The van der Waals surface area contributed by atoms with Crippen LogP contribution in [0.15, 0.2) is 34.5 Å². The first-order valence-corrected chi connectivity index (χ1v) is 16.7. The molecule has 0 aromatic carbocycles. The number of carbonyl (C=O) groups excluding carboxylic acids is 2. The van der Waals surface area contributed by atoms with Gasteiger partial charge in [-0.2, -0.15) is 10.4 Å². The van der Waals surface area contributed by atoms with Crippen LogP contribution in [0.2, 0.25) is 0 Å². The van der Waals surface area contributed by atoms with Crippen LogP contribution in [-0.4, -0.2) is 93.0 Å². The van der Waals surface area contributed by atoms with Crippen molar-refractivity contribution < 1.29 is 42.7 Å². The fourth-order valence-electron chi connectivity index (χ4n) is 3.44. The summed E-state index contributed by atoms with van der Waals surface area (Å²) in [6.07, 6.45) is -1.15. The number of hydrogen-bond donors (Lipinski definition) is 3. The highest BCUT2D eigenvalue weighted by Crippen LogP contribution is 2.51. The average molecular weight is 662 g/mol. The number of phosphoric acid groups is 1. The molecule has 0 aliphatic carbocycles. The van der Waals surface area contributed by atoms with Gasteiger partial charge >= 0.3 is 7.82 Å². The molecule has 0 spiro atoms. The summed E-state index contributed by atoms with van der Waals surface area (Å²) in [4.78, 5) is 28.3. The summed E-state index contributed by atoms with van der Waals surface area (Å²) < 4.78 is 35.7. The Hall–Kier alpha value is -2.06. The predicted molar refractivity (Wildman–Crippen MR) is 165 cm³/mol. The second-order valence-corrected chi connectivity index (χ2v) is 15.2. The number of aliphatic hydroxyl groups excluding tert-OH is 2. The summed E-state index contributed by atoms with van der Waals surface area (Å²) in [5.41, 5.74) is 2.56. The Balaban J connectivity index is 2.16. The Kier molecular flexibility index (Phi) is 13.2. The first-order chi connectivity index (χ1) is 19.9. The highest BCUT2D eigenvalue weighted by molar-refractivity contribution is 8.14. The van der Waals surface area contributed by atoms with Crippen molar-refractivity contribution in [2.24, 2.45) is 26.7 Å². The molecule has 2 heterocycles. The van der Waals surface area contributed by atoms with E-state index in [1.54, 1.807) is 41.5 Å². The van der Waals surface area contributed by atoms with E-state index in [1.807, 2.05) is 6.07 Å². The van der Waals surface area contributed by atoms with E-state index in [0.29, 0.717) is 0 Å². The van der Waals surface area contributed by atoms with Crippen LogP contribution in [0.1, 0.15) is 41.5 Å². The summed E-state index contributed by atoms with van der Waals surface area (Å²) >= 11 is 1.99. The van der Waals surface area contributed by atoms with Crippen LogP contribution in [0.3, 0.4) is 0 Å². The lowest BCUT2D eigenvalue weighted by molar-refractivity contribution is -0.134. The van der Waals surface area contributed by atoms with E-state index in [0.717, 1.165) is 34.9 Å². The number of nitriles is 1. The molecule has 4 atom stereocenters. The number of thioether (sulfide) groups is 2. The van der Waals surface area contributed by atoms with Crippen molar-refractivity contribution in [2.45, 2.75) is 65.6 Å². The Labute approximate surface area is 260 Å². The van der Waals surface area contributed by atoms with E-state index in [9.17, 15) is 29.6 Å². The van der Waals surface area contributed by atoms with Crippen LogP contribution in [0.4, 0.5) is 0 Å². The van der Waals surface area contributed by atoms with Gasteiger partial charge in [0.05, 0.1) is 19.8 Å². The maximum absolute atomic E-state index is 13.5. The molecular formula is C26H40N5O9PS2. The number of hydrogen-bond acceptors (Lipinski definition) is 16. The number of aliphatic hydroxyl groups is 2. The zero-order valence-electron chi connectivity index (χ0n) is 25.1. The topological polar surface area (TPSA) is 206 Å². The van der Waals surface area contributed by atoms with Crippen LogP contribution in [0.25, 0.3) is 0 Å².